The molecule has 4 nitrogen and oxygen atoms in total. The van der Waals surface area contributed by atoms with Crippen molar-refractivity contribution in [3.8, 4) is 0 Å². The zero-order valence-electron chi connectivity index (χ0n) is 11.0. The second-order valence-corrected chi connectivity index (χ2v) is 5.55. The standard InChI is InChI=1S/C16H12ClNO3/c17-12-8-6-11(7-9-12)16(19)14-13(15(14)18(20)21)10-4-2-1-3-5-10/h1-9,13-15H/t13-,14+,15+/m1/s1. The number of ketones is 1. The van der Waals surface area contributed by atoms with Gasteiger partial charge in [0.15, 0.2) is 5.78 Å². The van der Waals surface area contributed by atoms with Gasteiger partial charge in [0.2, 0.25) is 6.04 Å². The van der Waals surface area contributed by atoms with Gasteiger partial charge in [-0.15, -0.1) is 0 Å². The molecule has 0 unspecified atom stereocenters. The zero-order chi connectivity index (χ0) is 15.0. The first-order valence-corrected chi connectivity index (χ1v) is 6.95. The summed E-state index contributed by atoms with van der Waals surface area (Å²) in [4.78, 5) is 23.3. The molecule has 0 bridgehead atoms. The molecule has 21 heavy (non-hydrogen) atoms. The molecule has 0 N–H and O–H groups in total. The first-order chi connectivity index (χ1) is 10.1. The summed E-state index contributed by atoms with van der Waals surface area (Å²) in [5, 5.41) is 11.7. The van der Waals surface area contributed by atoms with Crippen LogP contribution in [0.15, 0.2) is 54.6 Å². The van der Waals surface area contributed by atoms with Gasteiger partial charge in [-0.3, -0.25) is 14.9 Å². The van der Waals surface area contributed by atoms with Crippen molar-refractivity contribution in [1.29, 1.82) is 0 Å². The van der Waals surface area contributed by atoms with Crippen molar-refractivity contribution in [2.24, 2.45) is 5.92 Å². The average molecular weight is 302 g/mol. The topological polar surface area (TPSA) is 60.2 Å². The molecule has 0 heterocycles. The number of halogens is 1. The van der Waals surface area contributed by atoms with Crippen molar-refractivity contribution in [3.05, 3.63) is 80.9 Å². The van der Waals surface area contributed by atoms with Crippen LogP contribution in [0, 0.1) is 16.0 Å². The molecule has 106 valence electrons. The molecule has 5 heteroatoms. The molecule has 0 aromatic heterocycles. The fourth-order valence-corrected chi connectivity index (χ4v) is 2.89. The highest BCUT2D eigenvalue weighted by molar-refractivity contribution is 6.30. The SMILES string of the molecule is O=C(c1ccc(Cl)cc1)[C@H]1[C@@H](c2ccccc2)[C@@H]1[N+](=O)[O-]. The van der Waals surface area contributed by atoms with E-state index in [1.54, 1.807) is 24.3 Å². The zero-order valence-corrected chi connectivity index (χ0v) is 11.7. The monoisotopic (exact) mass is 301 g/mol. The molecule has 0 amide bonds. The smallest absolute Gasteiger partial charge is 0.231 e. The van der Waals surface area contributed by atoms with E-state index in [1.807, 2.05) is 30.3 Å². The highest BCUT2D eigenvalue weighted by atomic mass is 35.5. The number of Topliss-reactive ketones (excluding diaryl/α,β-unsaturated/α-hetero) is 1. The number of carbonyl (C=O) groups excluding carboxylic acids is 1. The molecule has 1 aliphatic carbocycles. The van der Waals surface area contributed by atoms with Crippen LogP contribution in [0.1, 0.15) is 21.8 Å². The Kier molecular flexibility index (Phi) is 3.47. The molecule has 0 radical (unpaired) electrons. The Morgan fingerprint density at radius 3 is 2.24 bits per heavy atom. The third-order valence-electron chi connectivity index (χ3n) is 3.84. The lowest BCUT2D eigenvalue weighted by atomic mass is 10.0. The molecule has 3 rings (SSSR count). The first-order valence-electron chi connectivity index (χ1n) is 6.58. The largest absolute Gasteiger partial charge is 0.294 e. The molecule has 3 atom stereocenters. The summed E-state index contributed by atoms with van der Waals surface area (Å²) >= 11 is 5.80. The first kappa shape index (κ1) is 13.8. The average Bonchev–Trinajstić information content (AvgIpc) is 3.24. The van der Waals surface area contributed by atoms with Gasteiger partial charge in [0.05, 0.1) is 5.92 Å². The van der Waals surface area contributed by atoms with Crippen LogP contribution in [0.2, 0.25) is 5.02 Å². The van der Waals surface area contributed by atoms with Crippen molar-refractivity contribution < 1.29 is 9.72 Å². The van der Waals surface area contributed by atoms with Gasteiger partial charge in [0.1, 0.15) is 5.92 Å². The van der Waals surface area contributed by atoms with Crippen LogP contribution in [0.5, 0.6) is 0 Å². The van der Waals surface area contributed by atoms with Gasteiger partial charge in [-0.1, -0.05) is 41.9 Å². The van der Waals surface area contributed by atoms with Gasteiger partial charge in [0, 0.05) is 15.5 Å². The summed E-state index contributed by atoms with van der Waals surface area (Å²) in [5.74, 6) is -1.13. The van der Waals surface area contributed by atoms with E-state index in [0.29, 0.717) is 10.6 Å². The highest BCUT2D eigenvalue weighted by Crippen LogP contribution is 2.51. The van der Waals surface area contributed by atoms with E-state index in [4.69, 9.17) is 11.6 Å². The fraction of sp³-hybridized carbons (Fsp3) is 0.188. The van der Waals surface area contributed by atoms with Crippen LogP contribution >= 0.6 is 11.6 Å². The number of hydrogen-bond acceptors (Lipinski definition) is 3. The summed E-state index contributed by atoms with van der Waals surface area (Å²) in [7, 11) is 0. The second kappa shape index (κ2) is 5.30. The molecular weight excluding hydrogens is 290 g/mol. The lowest BCUT2D eigenvalue weighted by Crippen LogP contribution is -2.10. The second-order valence-electron chi connectivity index (χ2n) is 5.11. The third-order valence-corrected chi connectivity index (χ3v) is 4.09. The van der Waals surface area contributed by atoms with Crippen molar-refractivity contribution >= 4 is 17.4 Å². The van der Waals surface area contributed by atoms with Crippen LogP contribution in [0.4, 0.5) is 0 Å². The molecule has 0 saturated heterocycles. The lowest BCUT2D eigenvalue weighted by Gasteiger charge is -1.99. The number of carbonyl (C=O) groups is 1. The highest BCUT2D eigenvalue weighted by Gasteiger charge is 2.64. The van der Waals surface area contributed by atoms with Crippen LogP contribution in [0.25, 0.3) is 0 Å². The van der Waals surface area contributed by atoms with Crippen LogP contribution in [0.3, 0.4) is 0 Å². The minimum Gasteiger partial charge on any atom is -0.294 e. The molecule has 1 aliphatic rings. The lowest BCUT2D eigenvalue weighted by molar-refractivity contribution is -0.498. The van der Waals surface area contributed by atoms with Gasteiger partial charge in [-0.25, -0.2) is 0 Å². The number of nitrogens with zero attached hydrogens (tertiary/aromatic N) is 1. The minimum atomic E-state index is -0.837. The van der Waals surface area contributed by atoms with E-state index < -0.39 is 12.0 Å². The quantitative estimate of drug-likeness (QED) is 0.492. The number of hydrogen-bond donors (Lipinski definition) is 0. The van der Waals surface area contributed by atoms with E-state index in [9.17, 15) is 14.9 Å². The summed E-state index contributed by atoms with van der Waals surface area (Å²) in [5.41, 5.74) is 1.31. The van der Waals surface area contributed by atoms with Gasteiger partial charge in [-0.05, 0) is 29.8 Å². The molecule has 0 spiro atoms. The summed E-state index contributed by atoms with van der Waals surface area (Å²) in [6.07, 6.45) is 0. The Morgan fingerprint density at radius 1 is 1.05 bits per heavy atom. The van der Waals surface area contributed by atoms with Crippen LogP contribution in [-0.2, 0) is 0 Å². The van der Waals surface area contributed by atoms with E-state index in [2.05, 4.69) is 0 Å². The van der Waals surface area contributed by atoms with Crippen LogP contribution in [-0.4, -0.2) is 16.7 Å². The Labute approximate surface area is 126 Å². The molecule has 1 fully saturated rings. The molecule has 2 aromatic carbocycles. The van der Waals surface area contributed by atoms with Crippen molar-refractivity contribution in [2.75, 3.05) is 0 Å². The maximum atomic E-state index is 12.5. The minimum absolute atomic E-state index is 0.192. The van der Waals surface area contributed by atoms with Gasteiger partial charge in [-0.2, -0.15) is 0 Å². The van der Waals surface area contributed by atoms with E-state index in [1.165, 1.54) is 0 Å². The van der Waals surface area contributed by atoms with E-state index in [-0.39, 0.29) is 16.6 Å². The number of benzene rings is 2. The van der Waals surface area contributed by atoms with Gasteiger partial charge in [0.25, 0.3) is 0 Å². The third kappa shape index (κ3) is 2.54. The molecular formula is C16H12ClNO3. The summed E-state index contributed by atoms with van der Waals surface area (Å²) < 4.78 is 0. The predicted molar refractivity (Wildman–Crippen MR) is 79.2 cm³/mol. The van der Waals surface area contributed by atoms with Gasteiger partial charge >= 0.3 is 0 Å². The van der Waals surface area contributed by atoms with Crippen molar-refractivity contribution in [2.45, 2.75) is 12.0 Å². The van der Waals surface area contributed by atoms with E-state index >= 15 is 0 Å². The Morgan fingerprint density at radius 2 is 1.67 bits per heavy atom. The number of nitro groups is 1. The number of rotatable bonds is 4. The summed E-state index contributed by atoms with van der Waals surface area (Å²) in [6, 6.07) is 14.8. The molecule has 0 aliphatic heterocycles. The van der Waals surface area contributed by atoms with Gasteiger partial charge < -0.3 is 0 Å². The van der Waals surface area contributed by atoms with Crippen molar-refractivity contribution in [1.82, 2.24) is 0 Å². The Hall–Kier alpha value is -2.20. The molecule has 2 aromatic rings. The molecule has 1 saturated carbocycles. The Bertz CT molecular complexity index is 684. The van der Waals surface area contributed by atoms with Crippen molar-refractivity contribution in [3.63, 3.8) is 0 Å². The summed E-state index contributed by atoms with van der Waals surface area (Å²) in [6.45, 7) is 0. The Balaban J connectivity index is 1.88. The maximum absolute atomic E-state index is 12.5. The normalized spacial score (nSPS) is 23.6. The fourth-order valence-electron chi connectivity index (χ4n) is 2.76. The predicted octanol–water partition coefficient (Wildman–Crippen LogP) is 3.58. The maximum Gasteiger partial charge on any atom is 0.231 e. The van der Waals surface area contributed by atoms with E-state index in [0.717, 1.165) is 5.56 Å². The van der Waals surface area contributed by atoms with Crippen LogP contribution < -0.4 is 0 Å².